The minimum Gasteiger partial charge on any atom is -0.397 e. The average Bonchev–Trinajstić information content (AvgIpc) is 2.22. The highest BCUT2D eigenvalue weighted by Crippen LogP contribution is 2.25. The molecule has 15 heavy (non-hydrogen) atoms. The molecule has 2 heterocycles. The summed E-state index contributed by atoms with van der Waals surface area (Å²) in [5, 5.41) is 2.82. The van der Waals surface area contributed by atoms with Crippen molar-refractivity contribution in [2.75, 3.05) is 12.3 Å². The lowest BCUT2D eigenvalue weighted by molar-refractivity contribution is -0.122. The summed E-state index contributed by atoms with van der Waals surface area (Å²) in [5.41, 5.74) is 8.43. The van der Waals surface area contributed by atoms with Gasteiger partial charge in [-0.15, -0.1) is 0 Å². The highest BCUT2D eigenvalue weighted by molar-refractivity contribution is 5.77. The van der Waals surface area contributed by atoms with E-state index in [1.54, 1.807) is 6.20 Å². The topological polar surface area (TPSA) is 68.0 Å². The fourth-order valence-electron chi connectivity index (χ4n) is 1.85. The number of hydrogen-bond acceptors (Lipinski definition) is 3. The van der Waals surface area contributed by atoms with Crippen molar-refractivity contribution in [3.63, 3.8) is 0 Å². The maximum atomic E-state index is 11.2. The first-order valence-electron chi connectivity index (χ1n) is 5.15. The standard InChI is InChI=1S/C11H15N3O/c1-7-4-10(14-6-9(7)12)8-2-3-13-11(15)5-8/h4,6,8H,2-3,5,12H2,1H3,(H,13,15)/t8-/m1/s1. The van der Waals surface area contributed by atoms with Crippen molar-refractivity contribution >= 4 is 11.6 Å². The van der Waals surface area contributed by atoms with E-state index in [1.807, 2.05) is 13.0 Å². The molecule has 0 unspecified atom stereocenters. The number of aromatic nitrogens is 1. The molecule has 0 spiro atoms. The zero-order valence-corrected chi connectivity index (χ0v) is 8.79. The van der Waals surface area contributed by atoms with Crippen LogP contribution in [0.2, 0.25) is 0 Å². The summed E-state index contributed by atoms with van der Waals surface area (Å²) < 4.78 is 0. The average molecular weight is 205 g/mol. The highest BCUT2D eigenvalue weighted by Gasteiger charge is 2.21. The Morgan fingerprint density at radius 1 is 1.60 bits per heavy atom. The Hall–Kier alpha value is -1.58. The van der Waals surface area contributed by atoms with Gasteiger partial charge in [-0.05, 0) is 25.0 Å². The van der Waals surface area contributed by atoms with Gasteiger partial charge < -0.3 is 11.1 Å². The van der Waals surface area contributed by atoms with Gasteiger partial charge in [0.25, 0.3) is 0 Å². The van der Waals surface area contributed by atoms with E-state index in [-0.39, 0.29) is 11.8 Å². The summed E-state index contributed by atoms with van der Waals surface area (Å²) in [6, 6.07) is 1.98. The van der Waals surface area contributed by atoms with Crippen LogP contribution >= 0.6 is 0 Å². The van der Waals surface area contributed by atoms with E-state index in [0.717, 1.165) is 24.2 Å². The predicted molar refractivity (Wildman–Crippen MR) is 58.4 cm³/mol. The number of pyridine rings is 1. The first-order valence-corrected chi connectivity index (χ1v) is 5.15. The van der Waals surface area contributed by atoms with Crippen LogP contribution in [0.4, 0.5) is 5.69 Å². The SMILES string of the molecule is Cc1cc([C@@H]2CCNC(=O)C2)ncc1N. The minimum atomic E-state index is 0.113. The summed E-state index contributed by atoms with van der Waals surface area (Å²) in [6.45, 7) is 2.71. The van der Waals surface area contributed by atoms with E-state index in [4.69, 9.17) is 5.73 Å². The number of nitrogen functional groups attached to an aromatic ring is 1. The van der Waals surface area contributed by atoms with Crippen molar-refractivity contribution < 1.29 is 4.79 Å². The first-order chi connectivity index (χ1) is 7.16. The van der Waals surface area contributed by atoms with Gasteiger partial charge >= 0.3 is 0 Å². The van der Waals surface area contributed by atoms with E-state index in [0.29, 0.717) is 12.1 Å². The molecule has 0 radical (unpaired) electrons. The number of nitrogens with two attached hydrogens (primary N) is 1. The van der Waals surface area contributed by atoms with Gasteiger partial charge in [0.05, 0.1) is 11.9 Å². The summed E-state index contributed by atoms with van der Waals surface area (Å²) in [7, 11) is 0. The van der Waals surface area contributed by atoms with Crippen molar-refractivity contribution in [3.05, 3.63) is 23.5 Å². The predicted octanol–water partition coefficient (Wildman–Crippen LogP) is 0.966. The summed E-state index contributed by atoms with van der Waals surface area (Å²) >= 11 is 0. The van der Waals surface area contributed by atoms with Gasteiger partial charge in [0.1, 0.15) is 0 Å². The van der Waals surface area contributed by atoms with Crippen LogP contribution in [0, 0.1) is 6.92 Å². The van der Waals surface area contributed by atoms with Crippen LogP contribution < -0.4 is 11.1 Å². The number of nitrogens with zero attached hydrogens (tertiary/aromatic N) is 1. The first kappa shape index (κ1) is 9.96. The molecule has 1 fully saturated rings. The lowest BCUT2D eigenvalue weighted by Gasteiger charge is -2.21. The van der Waals surface area contributed by atoms with Gasteiger partial charge in [0.15, 0.2) is 0 Å². The van der Waals surface area contributed by atoms with Crippen molar-refractivity contribution in [1.82, 2.24) is 10.3 Å². The van der Waals surface area contributed by atoms with Gasteiger partial charge in [-0.2, -0.15) is 0 Å². The minimum absolute atomic E-state index is 0.113. The second kappa shape index (κ2) is 3.88. The van der Waals surface area contributed by atoms with E-state index < -0.39 is 0 Å². The van der Waals surface area contributed by atoms with Crippen LogP contribution in [0.15, 0.2) is 12.3 Å². The smallest absolute Gasteiger partial charge is 0.220 e. The third-order valence-corrected chi connectivity index (χ3v) is 2.84. The van der Waals surface area contributed by atoms with Crippen molar-refractivity contribution in [2.24, 2.45) is 0 Å². The Labute approximate surface area is 88.9 Å². The number of anilines is 1. The molecule has 1 aromatic heterocycles. The molecule has 2 rings (SSSR count). The number of carbonyl (C=O) groups is 1. The number of piperidine rings is 1. The van der Waals surface area contributed by atoms with Crippen LogP contribution in [-0.2, 0) is 4.79 Å². The Morgan fingerprint density at radius 3 is 3.07 bits per heavy atom. The fraction of sp³-hybridized carbons (Fsp3) is 0.455. The molecule has 1 saturated heterocycles. The molecule has 1 aliphatic rings. The zero-order chi connectivity index (χ0) is 10.8. The van der Waals surface area contributed by atoms with Gasteiger partial charge in [0, 0.05) is 24.6 Å². The number of carbonyl (C=O) groups excluding carboxylic acids is 1. The molecule has 0 bridgehead atoms. The zero-order valence-electron chi connectivity index (χ0n) is 8.79. The molecule has 0 aromatic carbocycles. The maximum absolute atomic E-state index is 11.2. The summed E-state index contributed by atoms with van der Waals surface area (Å²) in [5.74, 6) is 0.362. The molecule has 0 aliphatic carbocycles. The normalized spacial score (nSPS) is 21.1. The Bertz CT molecular complexity index is 389. The van der Waals surface area contributed by atoms with E-state index in [9.17, 15) is 4.79 Å². The Kier molecular flexibility index (Phi) is 2.58. The second-order valence-corrected chi connectivity index (χ2v) is 4.01. The van der Waals surface area contributed by atoms with Crippen LogP contribution in [-0.4, -0.2) is 17.4 Å². The van der Waals surface area contributed by atoms with Crippen LogP contribution in [0.5, 0.6) is 0 Å². The molecule has 0 saturated carbocycles. The highest BCUT2D eigenvalue weighted by atomic mass is 16.1. The van der Waals surface area contributed by atoms with Crippen molar-refractivity contribution in [3.8, 4) is 0 Å². The Balaban J connectivity index is 2.21. The maximum Gasteiger partial charge on any atom is 0.220 e. The molecule has 1 amide bonds. The molecule has 3 N–H and O–H groups in total. The third-order valence-electron chi connectivity index (χ3n) is 2.84. The summed E-state index contributed by atoms with van der Waals surface area (Å²) in [4.78, 5) is 15.5. The largest absolute Gasteiger partial charge is 0.397 e. The van der Waals surface area contributed by atoms with Crippen LogP contribution in [0.3, 0.4) is 0 Å². The van der Waals surface area contributed by atoms with E-state index in [2.05, 4.69) is 10.3 Å². The molecular weight excluding hydrogens is 190 g/mol. The number of aryl methyl sites for hydroxylation is 1. The number of nitrogens with one attached hydrogen (secondary N) is 1. The fourth-order valence-corrected chi connectivity index (χ4v) is 1.85. The molecule has 1 aliphatic heterocycles. The van der Waals surface area contributed by atoms with Gasteiger partial charge in [-0.25, -0.2) is 0 Å². The molecule has 4 nitrogen and oxygen atoms in total. The molecule has 80 valence electrons. The molecular formula is C11H15N3O. The third kappa shape index (κ3) is 2.09. The van der Waals surface area contributed by atoms with Gasteiger partial charge in [-0.3, -0.25) is 9.78 Å². The molecule has 1 atom stereocenters. The van der Waals surface area contributed by atoms with Crippen LogP contribution in [0.25, 0.3) is 0 Å². The number of rotatable bonds is 1. The number of hydrogen-bond donors (Lipinski definition) is 2. The quantitative estimate of drug-likeness (QED) is 0.717. The lowest BCUT2D eigenvalue weighted by atomic mass is 9.93. The van der Waals surface area contributed by atoms with E-state index >= 15 is 0 Å². The van der Waals surface area contributed by atoms with Crippen molar-refractivity contribution in [1.29, 1.82) is 0 Å². The lowest BCUT2D eigenvalue weighted by Crippen LogP contribution is -2.32. The van der Waals surface area contributed by atoms with E-state index in [1.165, 1.54) is 0 Å². The van der Waals surface area contributed by atoms with Crippen molar-refractivity contribution in [2.45, 2.75) is 25.7 Å². The molecule has 4 heteroatoms. The van der Waals surface area contributed by atoms with Gasteiger partial charge in [-0.1, -0.05) is 0 Å². The molecule has 1 aromatic rings. The second-order valence-electron chi connectivity index (χ2n) is 4.01. The number of amides is 1. The Morgan fingerprint density at radius 2 is 2.40 bits per heavy atom. The monoisotopic (exact) mass is 205 g/mol. The summed E-state index contributed by atoms with van der Waals surface area (Å²) in [6.07, 6.45) is 3.18. The van der Waals surface area contributed by atoms with Gasteiger partial charge in [0.2, 0.25) is 5.91 Å². The van der Waals surface area contributed by atoms with Crippen LogP contribution in [0.1, 0.15) is 30.0 Å².